The van der Waals surface area contributed by atoms with Crippen LogP contribution < -0.4 is 10.6 Å². The Morgan fingerprint density at radius 1 is 1.42 bits per heavy atom. The number of hydrogen-bond acceptors (Lipinski definition) is 5. The summed E-state index contributed by atoms with van der Waals surface area (Å²) in [5, 5.41) is 14.2. The largest absolute Gasteiger partial charge is 0.371 e. The molecule has 26 heavy (non-hydrogen) atoms. The minimum absolute atomic E-state index is 0.0627. The minimum atomic E-state index is -0.189. The molecular weight excluding hydrogens is 334 g/mol. The minimum Gasteiger partial charge on any atom is -0.371 e. The van der Waals surface area contributed by atoms with Gasteiger partial charge in [0.1, 0.15) is 11.9 Å². The molecule has 1 fully saturated rings. The fraction of sp³-hybridized carbons (Fsp3) is 0.611. The maximum atomic E-state index is 12.4. The highest BCUT2D eigenvalue weighted by Crippen LogP contribution is 2.31. The summed E-state index contributed by atoms with van der Waals surface area (Å²) in [6.45, 7) is 9.00. The lowest BCUT2D eigenvalue weighted by Gasteiger charge is -2.21. The lowest BCUT2D eigenvalue weighted by molar-refractivity contribution is 0.0993. The van der Waals surface area contributed by atoms with Crippen molar-refractivity contribution in [2.45, 2.75) is 52.2 Å². The van der Waals surface area contributed by atoms with Crippen molar-refractivity contribution in [1.29, 1.82) is 0 Å². The van der Waals surface area contributed by atoms with Gasteiger partial charge >= 0.3 is 6.03 Å². The van der Waals surface area contributed by atoms with E-state index in [1.807, 2.05) is 45.6 Å². The van der Waals surface area contributed by atoms with Crippen LogP contribution in [0.25, 0.3) is 0 Å². The standard InChI is InChI=1S/C18H27N5O3/c1-10(16-11(2)22-26-13(16)4)8-19-18(24)21-15-6-7-25-17(15)14-9-20-23(5)12(14)3/h9-10,15,17H,6-8H2,1-5H3,(H2,19,21,24)/t10?,15-,17+/m0/s1. The third-order valence-electron chi connectivity index (χ3n) is 5.14. The highest BCUT2D eigenvalue weighted by molar-refractivity contribution is 5.74. The first-order chi connectivity index (χ1) is 12.4. The second-order valence-corrected chi connectivity index (χ2v) is 6.99. The van der Waals surface area contributed by atoms with Crippen molar-refractivity contribution in [3.8, 4) is 0 Å². The smallest absolute Gasteiger partial charge is 0.315 e. The van der Waals surface area contributed by atoms with Gasteiger partial charge in [-0.25, -0.2) is 4.79 Å². The van der Waals surface area contributed by atoms with Crippen molar-refractivity contribution in [2.24, 2.45) is 7.05 Å². The average molecular weight is 361 g/mol. The van der Waals surface area contributed by atoms with Crippen molar-refractivity contribution >= 4 is 6.03 Å². The normalized spacial score (nSPS) is 21.0. The van der Waals surface area contributed by atoms with E-state index in [0.717, 1.165) is 34.7 Å². The van der Waals surface area contributed by atoms with E-state index >= 15 is 0 Å². The number of amides is 2. The van der Waals surface area contributed by atoms with Crippen molar-refractivity contribution in [1.82, 2.24) is 25.6 Å². The van der Waals surface area contributed by atoms with Crippen LogP contribution in [0.15, 0.2) is 10.7 Å². The quantitative estimate of drug-likeness (QED) is 0.852. The van der Waals surface area contributed by atoms with Crippen molar-refractivity contribution in [3.05, 3.63) is 34.5 Å². The van der Waals surface area contributed by atoms with Crippen LogP contribution in [0.2, 0.25) is 0 Å². The second-order valence-electron chi connectivity index (χ2n) is 6.99. The predicted molar refractivity (Wildman–Crippen MR) is 96.0 cm³/mol. The summed E-state index contributed by atoms with van der Waals surface area (Å²) >= 11 is 0. The molecule has 0 spiro atoms. The van der Waals surface area contributed by atoms with E-state index in [0.29, 0.717) is 13.2 Å². The summed E-state index contributed by atoms with van der Waals surface area (Å²) in [7, 11) is 1.90. The highest BCUT2D eigenvalue weighted by Gasteiger charge is 2.33. The molecule has 8 nitrogen and oxygen atoms in total. The molecule has 2 N–H and O–H groups in total. The first-order valence-corrected chi connectivity index (χ1v) is 8.95. The molecular formula is C18H27N5O3. The first-order valence-electron chi connectivity index (χ1n) is 8.95. The Bertz CT molecular complexity index is 762. The molecule has 0 saturated carbocycles. The number of aromatic nitrogens is 3. The van der Waals surface area contributed by atoms with Gasteiger partial charge in [0.05, 0.1) is 17.9 Å². The predicted octanol–water partition coefficient (Wildman–Crippen LogP) is 2.27. The molecule has 1 aliphatic rings. The fourth-order valence-corrected chi connectivity index (χ4v) is 3.60. The van der Waals surface area contributed by atoms with Gasteiger partial charge in [-0.1, -0.05) is 12.1 Å². The SMILES string of the molecule is Cc1noc(C)c1C(C)CNC(=O)N[C@H]1CCO[C@@H]1c1cnn(C)c1C. The van der Waals surface area contributed by atoms with Crippen LogP contribution in [0.4, 0.5) is 4.79 Å². The molecule has 0 radical (unpaired) electrons. The Kier molecular flexibility index (Phi) is 5.31. The fourth-order valence-electron chi connectivity index (χ4n) is 3.60. The Morgan fingerprint density at radius 2 is 2.19 bits per heavy atom. The third-order valence-corrected chi connectivity index (χ3v) is 5.14. The number of urea groups is 1. The number of nitrogens with one attached hydrogen (secondary N) is 2. The number of ether oxygens (including phenoxy) is 1. The Morgan fingerprint density at radius 3 is 2.81 bits per heavy atom. The first kappa shape index (κ1) is 18.4. The zero-order chi connectivity index (χ0) is 18.8. The zero-order valence-corrected chi connectivity index (χ0v) is 16.0. The van der Waals surface area contributed by atoms with Gasteiger partial charge in [0.15, 0.2) is 0 Å². The van der Waals surface area contributed by atoms with E-state index in [1.165, 1.54) is 0 Å². The number of rotatable bonds is 5. The van der Waals surface area contributed by atoms with Crippen LogP contribution in [-0.4, -0.2) is 40.2 Å². The van der Waals surface area contributed by atoms with E-state index in [-0.39, 0.29) is 24.1 Å². The summed E-state index contributed by atoms with van der Waals surface area (Å²) in [6.07, 6.45) is 2.44. The molecule has 1 aliphatic heterocycles. The van der Waals surface area contributed by atoms with Crippen molar-refractivity contribution in [3.63, 3.8) is 0 Å². The van der Waals surface area contributed by atoms with Gasteiger partial charge in [0.2, 0.25) is 0 Å². The maximum absolute atomic E-state index is 12.4. The van der Waals surface area contributed by atoms with Gasteiger partial charge in [0, 0.05) is 42.9 Å². The molecule has 0 aliphatic carbocycles. The van der Waals surface area contributed by atoms with Crippen LogP contribution in [0, 0.1) is 20.8 Å². The molecule has 0 bridgehead atoms. The van der Waals surface area contributed by atoms with E-state index in [1.54, 1.807) is 0 Å². The van der Waals surface area contributed by atoms with E-state index in [4.69, 9.17) is 9.26 Å². The molecule has 2 aromatic heterocycles. The number of carbonyl (C=O) groups excluding carboxylic acids is 1. The summed E-state index contributed by atoms with van der Waals surface area (Å²) < 4.78 is 12.9. The lowest BCUT2D eigenvalue weighted by atomic mass is 9.99. The summed E-state index contributed by atoms with van der Waals surface area (Å²) in [5.74, 6) is 0.928. The lowest BCUT2D eigenvalue weighted by Crippen LogP contribution is -2.44. The number of nitrogens with zero attached hydrogens (tertiary/aromatic N) is 3. The molecule has 0 aromatic carbocycles. The van der Waals surface area contributed by atoms with Crippen molar-refractivity contribution in [2.75, 3.05) is 13.2 Å². The molecule has 142 valence electrons. The van der Waals surface area contributed by atoms with Crippen LogP contribution >= 0.6 is 0 Å². The number of aryl methyl sites for hydroxylation is 3. The maximum Gasteiger partial charge on any atom is 0.315 e. The van der Waals surface area contributed by atoms with E-state index in [9.17, 15) is 4.79 Å². The topological polar surface area (TPSA) is 94.2 Å². The molecule has 2 aromatic rings. The number of carbonyl (C=O) groups is 1. The van der Waals surface area contributed by atoms with Gasteiger partial charge in [-0.3, -0.25) is 4.68 Å². The van der Waals surface area contributed by atoms with Crippen molar-refractivity contribution < 1.29 is 14.1 Å². The van der Waals surface area contributed by atoms with Crippen LogP contribution in [0.3, 0.4) is 0 Å². The third kappa shape index (κ3) is 3.60. The van der Waals surface area contributed by atoms with Gasteiger partial charge in [0.25, 0.3) is 0 Å². The Hall–Kier alpha value is -2.35. The molecule has 8 heteroatoms. The van der Waals surface area contributed by atoms with E-state index < -0.39 is 0 Å². The monoisotopic (exact) mass is 361 g/mol. The second kappa shape index (κ2) is 7.49. The molecule has 3 atom stereocenters. The highest BCUT2D eigenvalue weighted by atomic mass is 16.5. The molecule has 3 heterocycles. The number of hydrogen-bond donors (Lipinski definition) is 2. The summed E-state index contributed by atoms with van der Waals surface area (Å²) in [6, 6.07) is -0.252. The zero-order valence-electron chi connectivity index (χ0n) is 16.0. The van der Waals surface area contributed by atoms with Crippen LogP contribution in [0.5, 0.6) is 0 Å². The molecule has 1 saturated heterocycles. The average Bonchev–Trinajstić information content (AvgIpc) is 3.27. The van der Waals surface area contributed by atoms with E-state index in [2.05, 4.69) is 20.9 Å². The molecule has 3 rings (SSSR count). The Labute approximate surface area is 153 Å². The van der Waals surface area contributed by atoms with Gasteiger partial charge in [-0.2, -0.15) is 5.10 Å². The molecule has 1 unspecified atom stereocenters. The van der Waals surface area contributed by atoms with Crippen LogP contribution in [0.1, 0.15) is 53.6 Å². The van der Waals surface area contributed by atoms with Gasteiger partial charge in [-0.05, 0) is 27.2 Å². The van der Waals surface area contributed by atoms with Gasteiger partial charge < -0.3 is 19.9 Å². The van der Waals surface area contributed by atoms with Crippen LogP contribution in [-0.2, 0) is 11.8 Å². The Balaban J connectivity index is 1.57. The van der Waals surface area contributed by atoms with Gasteiger partial charge in [-0.15, -0.1) is 0 Å². The summed E-state index contributed by atoms with van der Waals surface area (Å²) in [5.41, 5.74) is 4.00. The molecule has 2 amide bonds. The summed E-state index contributed by atoms with van der Waals surface area (Å²) in [4.78, 5) is 12.4.